The van der Waals surface area contributed by atoms with E-state index in [-0.39, 0.29) is 12.4 Å². The molecule has 0 saturated carbocycles. The van der Waals surface area contributed by atoms with Gasteiger partial charge in [-0.3, -0.25) is 4.57 Å². The smallest absolute Gasteiger partial charge is 0.0618 e. The third kappa shape index (κ3) is 3.48. The first-order chi connectivity index (χ1) is 11.4. The van der Waals surface area contributed by atoms with Gasteiger partial charge in [-0.05, 0) is 29.7 Å². The van der Waals surface area contributed by atoms with Crippen LogP contribution in [0.5, 0.6) is 0 Å². The Kier molecular flexibility index (Phi) is 6.49. The molecule has 0 radical (unpaired) electrons. The van der Waals surface area contributed by atoms with Crippen molar-refractivity contribution in [2.45, 2.75) is 26.8 Å². The first kappa shape index (κ1) is 18.1. The van der Waals surface area contributed by atoms with Crippen molar-refractivity contribution < 1.29 is 0 Å². The highest BCUT2D eigenvalue weighted by atomic mass is 35.5. The molecule has 4 rings (SSSR count). The number of nitrogens with one attached hydrogen (secondary N) is 1. The SMILES string of the molecule is C(#Cn1c2c(c3ccccc31)CNCC2)c1ccccc1.CC.Cl. The molecule has 3 heteroatoms. The van der Waals surface area contributed by atoms with E-state index in [1.807, 2.05) is 44.2 Å². The summed E-state index contributed by atoms with van der Waals surface area (Å²) in [4.78, 5) is 0. The van der Waals surface area contributed by atoms with Crippen molar-refractivity contribution in [1.29, 1.82) is 0 Å². The van der Waals surface area contributed by atoms with Crippen LogP contribution in [0.15, 0.2) is 54.6 Å². The summed E-state index contributed by atoms with van der Waals surface area (Å²) in [6.45, 7) is 5.96. The van der Waals surface area contributed by atoms with Gasteiger partial charge in [0.15, 0.2) is 0 Å². The minimum Gasteiger partial charge on any atom is -0.312 e. The molecule has 124 valence electrons. The predicted octanol–water partition coefficient (Wildman–Crippen LogP) is 4.59. The van der Waals surface area contributed by atoms with Gasteiger partial charge < -0.3 is 5.32 Å². The highest BCUT2D eigenvalue weighted by molar-refractivity contribution is 5.86. The summed E-state index contributed by atoms with van der Waals surface area (Å²) in [7, 11) is 0. The van der Waals surface area contributed by atoms with Gasteiger partial charge in [0.2, 0.25) is 0 Å². The lowest BCUT2D eigenvalue weighted by Gasteiger charge is -2.14. The van der Waals surface area contributed by atoms with Crippen molar-refractivity contribution in [1.82, 2.24) is 9.88 Å². The van der Waals surface area contributed by atoms with Crippen molar-refractivity contribution in [3.63, 3.8) is 0 Å². The lowest BCUT2D eigenvalue weighted by molar-refractivity contribution is 0.633. The number of aromatic nitrogens is 1. The third-order valence-electron chi connectivity index (χ3n) is 4.01. The third-order valence-corrected chi connectivity index (χ3v) is 4.01. The number of hydrogen-bond acceptors (Lipinski definition) is 1. The maximum atomic E-state index is 3.46. The standard InChI is InChI=1S/C19H16N2.C2H6.ClH/c1-2-6-15(7-3-1)11-13-21-18-9-5-4-8-16(18)17-14-20-12-10-19(17)21;1-2;/h1-9,20H,10,12,14H2;1-2H3;1H. The fraction of sp³-hybridized carbons (Fsp3) is 0.238. The second-order valence-electron chi connectivity index (χ2n) is 5.31. The van der Waals surface area contributed by atoms with Crippen LogP contribution in [-0.4, -0.2) is 11.1 Å². The molecule has 0 bridgehead atoms. The number of para-hydroxylation sites is 1. The number of benzene rings is 2. The molecule has 1 aliphatic rings. The fourth-order valence-corrected chi connectivity index (χ4v) is 3.01. The van der Waals surface area contributed by atoms with Crippen molar-refractivity contribution in [3.8, 4) is 12.0 Å². The maximum absolute atomic E-state index is 3.46. The van der Waals surface area contributed by atoms with Crippen LogP contribution in [0.1, 0.15) is 30.7 Å². The largest absolute Gasteiger partial charge is 0.312 e. The van der Waals surface area contributed by atoms with E-state index in [2.05, 4.69) is 46.1 Å². The van der Waals surface area contributed by atoms with Crippen LogP contribution in [0, 0.1) is 12.0 Å². The van der Waals surface area contributed by atoms with Gasteiger partial charge in [-0.1, -0.05) is 50.2 Å². The monoisotopic (exact) mass is 338 g/mol. The van der Waals surface area contributed by atoms with Gasteiger partial charge in [0.1, 0.15) is 0 Å². The first-order valence-corrected chi connectivity index (χ1v) is 8.32. The van der Waals surface area contributed by atoms with Gasteiger partial charge in [0, 0.05) is 42.2 Å². The van der Waals surface area contributed by atoms with Crippen molar-refractivity contribution >= 4 is 23.3 Å². The molecule has 0 saturated heterocycles. The predicted molar refractivity (Wildman–Crippen MR) is 105 cm³/mol. The fourth-order valence-electron chi connectivity index (χ4n) is 3.01. The summed E-state index contributed by atoms with van der Waals surface area (Å²) in [6, 6.07) is 22.1. The van der Waals surface area contributed by atoms with E-state index >= 15 is 0 Å². The number of halogens is 1. The second-order valence-corrected chi connectivity index (χ2v) is 5.31. The molecule has 2 aromatic carbocycles. The molecular weight excluding hydrogens is 316 g/mol. The highest BCUT2D eigenvalue weighted by Crippen LogP contribution is 2.27. The normalized spacial score (nSPS) is 12.1. The van der Waals surface area contributed by atoms with E-state index in [0.29, 0.717) is 0 Å². The minimum absolute atomic E-state index is 0. The summed E-state index contributed by atoms with van der Waals surface area (Å²) in [5.74, 6) is 3.28. The Morgan fingerprint density at radius 1 is 0.958 bits per heavy atom. The van der Waals surface area contributed by atoms with Crippen LogP contribution < -0.4 is 5.32 Å². The Balaban J connectivity index is 0.000000670. The first-order valence-electron chi connectivity index (χ1n) is 8.32. The van der Waals surface area contributed by atoms with E-state index in [1.54, 1.807) is 0 Å². The average Bonchev–Trinajstić information content (AvgIpc) is 2.97. The quantitative estimate of drug-likeness (QED) is 0.593. The molecule has 0 amide bonds. The summed E-state index contributed by atoms with van der Waals surface area (Å²) in [5.41, 5.74) is 5.03. The number of nitrogens with zero attached hydrogens (tertiary/aromatic N) is 1. The zero-order valence-electron chi connectivity index (χ0n) is 14.2. The Hall–Kier alpha value is -2.21. The van der Waals surface area contributed by atoms with Crippen LogP contribution in [0.3, 0.4) is 0 Å². The molecule has 0 atom stereocenters. The van der Waals surface area contributed by atoms with Gasteiger partial charge in [-0.25, -0.2) is 0 Å². The van der Waals surface area contributed by atoms with Gasteiger partial charge in [0.25, 0.3) is 0 Å². The van der Waals surface area contributed by atoms with Gasteiger partial charge >= 0.3 is 0 Å². The van der Waals surface area contributed by atoms with Crippen molar-refractivity contribution in [2.75, 3.05) is 6.54 Å². The Bertz CT molecular complexity index is 854. The molecule has 1 aliphatic heterocycles. The molecule has 1 aromatic heterocycles. The van der Waals surface area contributed by atoms with E-state index in [9.17, 15) is 0 Å². The molecule has 1 N–H and O–H groups in total. The molecule has 2 heterocycles. The lowest BCUT2D eigenvalue weighted by atomic mass is 10.1. The molecule has 2 nitrogen and oxygen atoms in total. The lowest BCUT2D eigenvalue weighted by Crippen LogP contribution is -2.24. The van der Waals surface area contributed by atoms with E-state index in [1.165, 1.54) is 22.2 Å². The second kappa shape index (κ2) is 8.59. The van der Waals surface area contributed by atoms with Crippen molar-refractivity contribution in [2.24, 2.45) is 0 Å². The molecule has 3 aromatic rings. The van der Waals surface area contributed by atoms with Crippen LogP contribution in [0.25, 0.3) is 10.9 Å². The topological polar surface area (TPSA) is 17.0 Å². The summed E-state index contributed by atoms with van der Waals surface area (Å²) < 4.78 is 2.18. The van der Waals surface area contributed by atoms with Crippen molar-refractivity contribution in [3.05, 3.63) is 71.4 Å². The highest BCUT2D eigenvalue weighted by Gasteiger charge is 2.18. The Labute approximate surface area is 150 Å². The summed E-state index contributed by atoms with van der Waals surface area (Å²) in [5, 5.41) is 4.78. The van der Waals surface area contributed by atoms with E-state index in [4.69, 9.17) is 0 Å². The minimum atomic E-state index is 0. The zero-order valence-corrected chi connectivity index (χ0v) is 15.0. The molecular formula is C21H23ClN2. The number of rotatable bonds is 0. The van der Waals surface area contributed by atoms with Gasteiger partial charge in [0.05, 0.1) is 5.52 Å². The van der Waals surface area contributed by atoms with Crippen LogP contribution in [0.2, 0.25) is 0 Å². The molecule has 0 fully saturated rings. The van der Waals surface area contributed by atoms with E-state index < -0.39 is 0 Å². The Morgan fingerprint density at radius 3 is 2.46 bits per heavy atom. The molecule has 0 unspecified atom stereocenters. The molecule has 24 heavy (non-hydrogen) atoms. The number of fused-ring (bicyclic) bond motifs is 3. The zero-order chi connectivity index (χ0) is 16.1. The van der Waals surface area contributed by atoms with Crippen LogP contribution >= 0.6 is 12.4 Å². The maximum Gasteiger partial charge on any atom is 0.0618 e. The Morgan fingerprint density at radius 2 is 1.67 bits per heavy atom. The van der Waals surface area contributed by atoms with Crippen LogP contribution in [0.4, 0.5) is 0 Å². The molecule has 0 aliphatic carbocycles. The van der Waals surface area contributed by atoms with Crippen LogP contribution in [-0.2, 0) is 13.0 Å². The van der Waals surface area contributed by atoms with E-state index in [0.717, 1.165) is 25.1 Å². The van der Waals surface area contributed by atoms with Gasteiger partial charge in [-0.15, -0.1) is 12.4 Å². The average molecular weight is 339 g/mol. The molecule has 0 spiro atoms. The van der Waals surface area contributed by atoms with Gasteiger partial charge in [-0.2, -0.15) is 0 Å². The summed E-state index contributed by atoms with van der Waals surface area (Å²) >= 11 is 0. The number of hydrogen-bond donors (Lipinski definition) is 1. The summed E-state index contributed by atoms with van der Waals surface area (Å²) in [6.07, 6.45) is 1.04.